The molecule has 1 amide bonds. The molecule has 2 heterocycles. The van der Waals surface area contributed by atoms with E-state index in [1.54, 1.807) is 0 Å². The van der Waals surface area contributed by atoms with E-state index in [0.717, 1.165) is 52.4 Å². The molecule has 2 fully saturated rings. The van der Waals surface area contributed by atoms with E-state index in [1.807, 2.05) is 4.90 Å². The lowest BCUT2D eigenvalue weighted by Crippen LogP contribution is -2.51. The minimum absolute atomic E-state index is 0.298. The predicted molar refractivity (Wildman–Crippen MR) is 71.5 cm³/mol. The van der Waals surface area contributed by atoms with Crippen LogP contribution in [-0.2, 0) is 4.79 Å². The van der Waals surface area contributed by atoms with Gasteiger partial charge in [0.15, 0.2) is 0 Å². The summed E-state index contributed by atoms with van der Waals surface area (Å²) in [6, 6.07) is 0. The van der Waals surface area contributed by atoms with Crippen LogP contribution in [0.15, 0.2) is 0 Å². The van der Waals surface area contributed by atoms with Crippen LogP contribution in [0.3, 0.4) is 0 Å². The number of piperazine rings is 2. The standard InChI is InChI=1S/C10H19IN4O/c11-15-7-5-14(6-8-15)10(16)9-13-3-1-12-2-4-13/h12H,1-9H2. The molecule has 16 heavy (non-hydrogen) atoms. The van der Waals surface area contributed by atoms with Gasteiger partial charge in [-0.25, -0.2) is 3.11 Å². The van der Waals surface area contributed by atoms with Crippen LogP contribution in [0.25, 0.3) is 0 Å². The molecule has 0 bridgehead atoms. The monoisotopic (exact) mass is 338 g/mol. The van der Waals surface area contributed by atoms with E-state index >= 15 is 0 Å². The Morgan fingerprint density at radius 1 is 1.06 bits per heavy atom. The Bertz CT molecular complexity index is 237. The Labute approximate surface area is 111 Å². The molecule has 2 aliphatic rings. The van der Waals surface area contributed by atoms with Gasteiger partial charge in [-0.3, -0.25) is 9.69 Å². The SMILES string of the molecule is O=C(CN1CCNCC1)N1CCN(I)CC1. The summed E-state index contributed by atoms with van der Waals surface area (Å²) in [5.74, 6) is 0.298. The van der Waals surface area contributed by atoms with Crippen molar-refractivity contribution >= 4 is 28.8 Å². The van der Waals surface area contributed by atoms with Crippen molar-refractivity contribution in [1.29, 1.82) is 0 Å². The van der Waals surface area contributed by atoms with E-state index in [2.05, 4.69) is 36.2 Å². The second kappa shape index (κ2) is 6.13. The molecule has 5 nitrogen and oxygen atoms in total. The Hall–Kier alpha value is 0.0800. The second-order valence-corrected chi connectivity index (χ2v) is 5.68. The van der Waals surface area contributed by atoms with Crippen molar-refractivity contribution in [3.8, 4) is 0 Å². The summed E-state index contributed by atoms with van der Waals surface area (Å²) >= 11 is 2.32. The van der Waals surface area contributed by atoms with Gasteiger partial charge in [-0.05, 0) is 0 Å². The van der Waals surface area contributed by atoms with Gasteiger partial charge in [-0.15, -0.1) is 0 Å². The lowest BCUT2D eigenvalue weighted by Gasteiger charge is -2.34. The minimum atomic E-state index is 0.298. The van der Waals surface area contributed by atoms with Crippen LogP contribution in [0.5, 0.6) is 0 Å². The first kappa shape index (κ1) is 12.5. The molecule has 0 aromatic carbocycles. The first-order valence-electron chi connectivity index (χ1n) is 5.87. The van der Waals surface area contributed by atoms with Gasteiger partial charge in [-0.2, -0.15) is 0 Å². The first-order chi connectivity index (χ1) is 7.75. The van der Waals surface area contributed by atoms with Crippen molar-refractivity contribution in [2.45, 2.75) is 0 Å². The van der Waals surface area contributed by atoms with Crippen molar-refractivity contribution in [1.82, 2.24) is 18.2 Å². The molecule has 0 atom stereocenters. The number of carbonyl (C=O) groups is 1. The normalized spacial score (nSPS) is 24.7. The Kier molecular flexibility index (Phi) is 4.80. The van der Waals surface area contributed by atoms with Crippen molar-refractivity contribution in [2.24, 2.45) is 0 Å². The van der Waals surface area contributed by atoms with Crippen LogP contribution in [0, 0.1) is 0 Å². The third-order valence-electron chi connectivity index (χ3n) is 3.15. The maximum Gasteiger partial charge on any atom is 0.236 e. The van der Waals surface area contributed by atoms with Crippen molar-refractivity contribution in [3.05, 3.63) is 0 Å². The Morgan fingerprint density at radius 2 is 1.69 bits per heavy atom. The molecular weight excluding hydrogens is 319 g/mol. The van der Waals surface area contributed by atoms with Crippen LogP contribution < -0.4 is 5.32 Å². The number of amides is 1. The molecule has 0 radical (unpaired) electrons. The highest BCUT2D eigenvalue weighted by molar-refractivity contribution is 14.1. The zero-order valence-corrected chi connectivity index (χ0v) is 11.6. The third-order valence-corrected chi connectivity index (χ3v) is 4.11. The molecule has 2 rings (SSSR count). The summed E-state index contributed by atoms with van der Waals surface area (Å²) < 4.78 is 2.24. The van der Waals surface area contributed by atoms with Gasteiger partial charge in [0, 0.05) is 75.2 Å². The van der Waals surface area contributed by atoms with Gasteiger partial charge in [0.2, 0.25) is 5.91 Å². The maximum absolute atomic E-state index is 12.0. The topological polar surface area (TPSA) is 38.8 Å². The van der Waals surface area contributed by atoms with Crippen LogP contribution >= 0.6 is 22.9 Å². The smallest absolute Gasteiger partial charge is 0.236 e. The summed E-state index contributed by atoms with van der Waals surface area (Å²) in [6.07, 6.45) is 0. The number of hydrogen-bond donors (Lipinski definition) is 1. The lowest BCUT2D eigenvalue weighted by molar-refractivity contribution is -0.133. The number of rotatable bonds is 2. The van der Waals surface area contributed by atoms with Crippen LogP contribution in [0.1, 0.15) is 0 Å². The van der Waals surface area contributed by atoms with E-state index in [0.29, 0.717) is 12.5 Å². The number of halogens is 1. The number of nitrogens with one attached hydrogen (secondary N) is 1. The highest BCUT2D eigenvalue weighted by Crippen LogP contribution is 2.07. The fourth-order valence-electron chi connectivity index (χ4n) is 2.09. The molecule has 0 aromatic rings. The van der Waals surface area contributed by atoms with E-state index < -0.39 is 0 Å². The molecular formula is C10H19IN4O. The highest BCUT2D eigenvalue weighted by Gasteiger charge is 2.22. The van der Waals surface area contributed by atoms with Gasteiger partial charge < -0.3 is 10.2 Å². The van der Waals surface area contributed by atoms with Gasteiger partial charge in [0.05, 0.1) is 6.54 Å². The summed E-state index contributed by atoms with van der Waals surface area (Å²) in [7, 11) is 0. The molecule has 0 aromatic heterocycles. The quantitative estimate of drug-likeness (QED) is 0.539. The van der Waals surface area contributed by atoms with Gasteiger partial charge in [-0.1, -0.05) is 0 Å². The van der Waals surface area contributed by atoms with Crippen LogP contribution in [0.2, 0.25) is 0 Å². The average molecular weight is 338 g/mol. The molecule has 1 N–H and O–H groups in total. The fraction of sp³-hybridized carbons (Fsp3) is 0.900. The molecule has 0 unspecified atom stereocenters. The summed E-state index contributed by atoms with van der Waals surface area (Å²) in [4.78, 5) is 16.3. The average Bonchev–Trinajstić information content (AvgIpc) is 2.31. The van der Waals surface area contributed by atoms with E-state index in [9.17, 15) is 4.79 Å². The molecule has 2 aliphatic heterocycles. The maximum atomic E-state index is 12.0. The zero-order valence-electron chi connectivity index (χ0n) is 9.49. The number of carbonyl (C=O) groups excluding carboxylic acids is 1. The summed E-state index contributed by atoms with van der Waals surface area (Å²) in [5.41, 5.74) is 0. The molecule has 0 spiro atoms. The van der Waals surface area contributed by atoms with E-state index in [1.165, 1.54) is 0 Å². The molecule has 0 saturated carbocycles. The number of hydrogen-bond acceptors (Lipinski definition) is 4. The van der Waals surface area contributed by atoms with Crippen LogP contribution in [0.4, 0.5) is 0 Å². The van der Waals surface area contributed by atoms with Crippen molar-refractivity contribution in [3.63, 3.8) is 0 Å². The van der Waals surface area contributed by atoms with E-state index in [4.69, 9.17) is 0 Å². The van der Waals surface area contributed by atoms with Crippen LogP contribution in [-0.4, -0.2) is 77.7 Å². The Balaban J connectivity index is 1.74. The number of nitrogens with zero attached hydrogens (tertiary/aromatic N) is 3. The first-order valence-corrected chi connectivity index (χ1v) is 6.84. The van der Waals surface area contributed by atoms with Crippen molar-refractivity contribution in [2.75, 3.05) is 58.9 Å². The van der Waals surface area contributed by atoms with Gasteiger partial charge in [0.25, 0.3) is 0 Å². The third kappa shape index (κ3) is 3.54. The second-order valence-electron chi connectivity index (χ2n) is 4.32. The van der Waals surface area contributed by atoms with Gasteiger partial charge in [0.1, 0.15) is 0 Å². The molecule has 92 valence electrons. The summed E-state index contributed by atoms with van der Waals surface area (Å²) in [5, 5.41) is 3.30. The van der Waals surface area contributed by atoms with Crippen molar-refractivity contribution < 1.29 is 4.79 Å². The highest BCUT2D eigenvalue weighted by atomic mass is 127. The minimum Gasteiger partial charge on any atom is -0.339 e. The van der Waals surface area contributed by atoms with Gasteiger partial charge >= 0.3 is 0 Å². The fourth-order valence-corrected chi connectivity index (χ4v) is 2.52. The summed E-state index contributed by atoms with van der Waals surface area (Å²) in [6.45, 7) is 8.37. The largest absolute Gasteiger partial charge is 0.339 e. The Morgan fingerprint density at radius 3 is 2.31 bits per heavy atom. The predicted octanol–water partition coefficient (Wildman–Crippen LogP) is -0.614. The zero-order chi connectivity index (χ0) is 11.4. The van der Waals surface area contributed by atoms with E-state index in [-0.39, 0.29) is 0 Å². The molecule has 0 aliphatic carbocycles. The molecule has 6 heteroatoms. The lowest BCUT2D eigenvalue weighted by atomic mass is 10.3. The molecule has 2 saturated heterocycles.